The van der Waals surface area contributed by atoms with E-state index in [-0.39, 0.29) is 12.0 Å². The second kappa shape index (κ2) is 4.49. The first kappa shape index (κ1) is 10.9. The lowest BCUT2D eigenvalue weighted by atomic mass is 10.3. The highest BCUT2D eigenvalue weighted by molar-refractivity contribution is 5.76. The molecule has 15 heavy (non-hydrogen) atoms. The van der Waals surface area contributed by atoms with Crippen LogP contribution >= 0.6 is 0 Å². The second-order valence-electron chi connectivity index (χ2n) is 4.75. The molecular weight excluding hydrogens is 192 g/mol. The number of nitrogens with one attached hydrogen (secondary N) is 2. The van der Waals surface area contributed by atoms with Crippen molar-refractivity contribution < 1.29 is 9.53 Å². The van der Waals surface area contributed by atoms with Crippen LogP contribution in [0, 0.1) is 11.8 Å². The topological polar surface area (TPSA) is 50.4 Å². The first-order valence-electron chi connectivity index (χ1n) is 5.80. The molecule has 2 fully saturated rings. The van der Waals surface area contributed by atoms with Gasteiger partial charge in [-0.2, -0.15) is 0 Å². The molecule has 2 atom stereocenters. The summed E-state index contributed by atoms with van der Waals surface area (Å²) in [6.45, 7) is 6.63. The van der Waals surface area contributed by atoms with E-state index >= 15 is 0 Å². The van der Waals surface area contributed by atoms with Crippen molar-refractivity contribution in [2.75, 3.05) is 19.7 Å². The van der Waals surface area contributed by atoms with Gasteiger partial charge in [-0.25, -0.2) is 0 Å². The first-order valence-corrected chi connectivity index (χ1v) is 5.80. The zero-order chi connectivity index (χ0) is 10.8. The van der Waals surface area contributed by atoms with Crippen molar-refractivity contribution in [1.29, 1.82) is 0 Å². The number of carbonyl (C=O) groups is 1. The summed E-state index contributed by atoms with van der Waals surface area (Å²) in [4.78, 5) is 11.5. The lowest BCUT2D eigenvalue weighted by Crippen LogP contribution is -2.33. The van der Waals surface area contributed by atoms with Crippen LogP contribution in [0.4, 0.5) is 0 Å². The maximum atomic E-state index is 11.5. The number of hydrogen-bond acceptors (Lipinski definition) is 3. The minimum absolute atomic E-state index is 0.134. The molecule has 0 aromatic rings. The predicted octanol–water partition coefficient (Wildman–Crippen LogP) is 0.136. The van der Waals surface area contributed by atoms with Crippen molar-refractivity contribution in [3.05, 3.63) is 0 Å². The molecule has 0 spiro atoms. The molecule has 4 heteroatoms. The minimum Gasteiger partial charge on any atom is -0.378 e. The molecule has 1 amide bonds. The molecule has 86 valence electrons. The van der Waals surface area contributed by atoms with E-state index in [1.165, 1.54) is 0 Å². The van der Waals surface area contributed by atoms with Crippen LogP contribution in [0.15, 0.2) is 0 Å². The van der Waals surface area contributed by atoms with E-state index in [1.807, 2.05) is 13.8 Å². The Hall–Kier alpha value is -0.610. The summed E-state index contributed by atoms with van der Waals surface area (Å²) in [6, 6.07) is 0.442. The molecule has 1 aliphatic carbocycles. The first-order chi connectivity index (χ1) is 7.18. The number of carbonyl (C=O) groups excluding carboxylic acids is 1. The number of piperidine rings is 1. The minimum atomic E-state index is 0.134. The maximum Gasteiger partial charge on any atom is 0.222 e. The zero-order valence-corrected chi connectivity index (χ0v) is 9.45. The molecule has 2 N–H and O–H groups in total. The fourth-order valence-corrected chi connectivity index (χ4v) is 2.28. The predicted molar refractivity (Wildman–Crippen MR) is 57.5 cm³/mol. The van der Waals surface area contributed by atoms with Gasteiger partial charge in [0.05, 0.1) is 12.7 Å². The zero-order valence-electron chi connectivity index (χ0n) is 9.45. The molecule has 0 aromatic heterocycles. The highest BCUT2D eigenvalue weighted by Crippen LogP contribution is 2.41. The number of amides is 1. The van der Waals surface area contributed by atoms with Crippen LogP contribution in [-0.4, -0.2) is 37.7 Å². The fraction of sp³-hybridized carbons (Fsp3) is 0.909. The quantitative estimate of drug-likeness (QED) is 0.681. The summed E-state index contributed by atoms with van der Waals surface area (Å²) in [5.41, 5.74) is 0. The molecule has 1 saturated heterocycles. The van der Waals surface area contributed by atoms with Crippen molar-refractivity contribution in [2.24, 2.45) is 11.8 Å². The Kier molecular flexibility index (Phi) is 3.26. The van der Waals surface area contributed by atoms with Crippen LogP contribution in [0.5, 0.6) is 0 Å². The third-order valence-corrected chi connectivity index (χ3v) is 3.20. The Bertz CT molecular complexity index is 233. The van der Waals surface area contributed by atoms with Crippen molar-refractivity contribution >= 4 is 5.91 Å². The van der Waals surface area contributed by atoms with Crippen LogP contribution < -0.4 is 10.6 Å². The van der Waals surface area contributed by atoms with Gasteiger partial charge in [-0.1, -0.05) is 0 Å². The van der Waals surface area contributed by atoms with Gasteiger partial charge in [0.15, 0.2) is 0 Å². The van der Waals surface area contributed by atoms with Gasteiger partial charge in [0.25, 0.3) is 0 Å². The molecule has 2 unspecified atom stereocenters. The second-order valence-corrected chi connectivity index (χ2v) is 4.75. The van der Waals surface area contributed by atoms with Crippen molar-refractivity contribution in [1.82, 2.24) is 10.6 Å². The Morgan fingerprint density at radius 2 is 2.13 bits per heavy atom. The third-order valence-electron chi connectivity index (χ3n) is 3.20. The highest BCUT2D eigenvalue weighted by Gasteiger charge is 2.53. The van der Waals surface area contributed by atoms with Gasteiger partial charge in [-0.15, -0.1) is 0 Å². The van der Waals surface area contributed by atoms with Crippen LogP contribution in [0.1, 0.15) is 20.3 Å². The average molecular weight is 212 g/mol. The van der Waals surface area contributed by atoms with Crippen LogP contribution in [0.25, 0.3) is 0 Å². The number of rotatable bonds is 5. The Morgan fingerprint density at radius 3 is 2.73 bits per heavy atom. The fourth-order valence-electron chi connectivity index (χ4n) is 2.28. The van der Waals surface area contributed by atoms with Gasteiger partial charge >= 0.3 is 0 Å². The molecule has 0 bridgehead atoms. The van der Waals surface area contributed by atoms with E-state index in [2.05, 4.69) is 10.6 Å². The normalized spacial score (nSPS) is 32.9. The lowest BCUT2D eigenvalue weighted by Gasteiger charge is -2.09. The van der Waals surface area contributed by atoms with E-state index in [0.717, 1.165) is 13.1 Å². The third kappa shape index (κ3) is 2.69. The Balaban J connectivity index is 1.58. The summed E-state index contributed by atoms with van der Waals surface area (Å²) < 4.78 is 5.34. The van der Waals surface area contributed by atoms with Gasteiger partial charge < -0.3 is 15.4 Å². The van der Waals surface area contributed by atoms with E-state index in [4.69, 9.17) is 4.74 Å². The molecular formula is C11H20N2O2. The number of ether oxygens (including phenoxy) is 1. The summed E-state index contributed by atoms with van der Waals surface area (Å²) in [5.74, 6) is 1.52. The largest absolute Gasteiger partial charge is 0.378 e. The Morgan fingerprint density at radius 1 is 1.47 bits per heavy atom. The van der Waals surface area contributed by atoms with Gasteiger partial charge in [0, 0.05) is 25.6 Å². The summed E-state index contributed by atoms with van der Waals surface area (Å²) in [5, 5.41) is 6.38. The van der Waals surface area contributed by atoms with Crippen LogP contribution in [0.3, 0.4) is 0 Å². The maximum absolute atomic E-state index is 11.5. The molecule has 1 heterocycles. The molecule has 2 aliphatic rings. The Labute approximate surface area is 90.8 Å². The van der Waals surface area contributed by atoms with Gasteiger partial charge in [-0.05, 0) is 25.7 Å². The lowest BCUT2D eigenvalue weighted by molar-refractivity contribution is -0.122. The molecule has 4 nitrogen and oxygen atoms in total. The van der Waals surface area contributed by atoms with Crippen LogP contribution in [-0.2, 0) is 9.53 Å². The molecule has 1 saturated carbocycles. The molecule has 0 aromatic carbocycles. The van der Waals surface area contributed by atoms with Crippen LogP contribution in [0.2, 0.25) is 0 Å². The monoisotopic (exact) mass is 212 g/mol. The number of hydrogen-bond donors (Lipinski definition) is 2. The standard InChI is InChI=1S/C11H20N2O2/c1-7(2)15-4-3-10(14)13-11-8-5-12-6-9(8)11/h7-9,11-12H,3-6H2,1-2H3,(H,13,14). The van der Waals surface area contributed by atoms with Gasteiger partial charge in [-0.3, -0.25) is 4.79 Å². The summed E-state index contributed by atoms with van der Waals surface area (Å²) in [7, 11) is 0. The number of fused-ring (bicyclic) bond motifs is 1. The smallest absolute Gasteiger partial charge is 0.222 e. The van der Waals surface area contributed by atoms with E-state index in [9.17, 15) is 4.79 Å². The van der Waals surface area contributed by atoms with E-state index in [1.54, 1.807) is 0 Å². The van der Waals surface area contributed by atoms with E-state index < -0.39 is 0 Å². The summed E-state index contributed by atoms with van der Waals surface area (Å²) >= 11 is 0. The summed E-state index contributed by atoms with van der Waals surface area (Å²) in [6.07, 6.45) is 0.698. The SMILES string of the molecule is CC(C)OCCC(=O)NC1C2CNCC21. The molecule has 0 radical (unpaired) electrons. The van der Waals surface area contributed by atoms with Crippen molar-refractivity contribution in [3.63, 3.8) is 0 Å². The highest BCUT2D eigenvalue weighted by atomic mass is 16.5. The van der Waals surface area contributed by atoms with Crippen molar-refractivity contribution in [2.45, 2.75) is 32.4 Å². The average Bonchev–Trinajstić information content (AvgIpc) is 2.62. The van der Waals surface area contributed by atoms with Gasteiger partial charge in [0.2, 0.25) is 5.91 Å². The van der Waals surface area contributed by atoms with Gasteiger partial charge in [0.1, 0.15) is 0 Å². The van der Waals surface area contributed by atoms with E-state index in [0.29, 0.717) is 30.9 Å². The molecule has 2 rings (SSSR count). The van der Waals surface area contributed by atoms with Crippen molar-refractivity contribution in [3.8, 4) is 0 Å². The molecule has 1 aliphatic heterocycles.